The zero-order chi connectivity index (χ0) is 12.5. The van der Waals surface area contributed by atoms with E-state index in [1.54, 1.807) is 18.2 Å². The average Bonchev–Trinajstić information content (AvgIpc) is 2.39. The third-order valence-corrected chi connectivity index (χ3v) is 3.13. The van der Waals surface area contributed by atoms with Gasteiger partial charge in [0.15, 0.2) is 0 Å². The van der Waals surface area contributed by atoms with Crippen molar-refractivity contribution in [2.24, 2.45) is 0 Å². The van der Waals surface area contributed by atoms with Crippen molar-refractivity contribution in [3.05, 3.63) is 71.0 Å². The molecule has 2 aromatic carbocycles. The topological polar surface area (TPSA) is 26.3 Å². The van der Waals surface area contributed by atoms with Crippen LogP contribution >= 0.6 is 0 Å². The molecule has 2 nitrogen and oxygen atoms in total. The molecule has 0 bridgehead atoms. The summed E-state index contributed by atoms with van der Waals surface area (Å²) in [6.07, 6.45) is 0.307. The monoisotopic (exact) mass is 242 g/mol. The van der Waals surface area contributed by atoms with Gasteiger partial charge in [0.2, 0.25) is 0 Å². The van der Waals surface area contributed by atoms with Crippen molar-refractivity contribution in [2.75, 3.05) is 0 Å². The number of halogens is 1. The Labute approximate surface area is 104 Å². The van der Waals surface area contributed by atoms with Gasteiger partial charge in [-0.3, -0.25) is 0 Å². The van der Waals surface area contributed by atoms with Crippen LogP contribution in [0.2, 0.25) is 0 Å². The Morgan fingerprint density at radius 3 is 2.56 bits per heavy atom. The molecule has 1 aliphatic heterocycles. The summed E-state index contributed by atoms with van der Waals surface area (Å²) < 4.78 is 18.2. The normalized spacial score (nSPS) is 18.1. The van der Waals surface area contributed by atoms with E-state index in [-0.39, 0.29) is 17.9 Å². The Morgan fingerprint density at radius 1 is 1.06 bits per heavy atom. The third-order valence-electron chi connectivity index (χ3n) is 3.13. The first-order valence-corrected chi connectivity index (χ1v) is 5.78. The summed E-state index contributed by atoms with van der Waals surface area (Å²) in [7, 11) is 0. The van der Waals surface area contributed by atoms with Crippen molar-refractivity contribution in [1.29, 1.82) is 0 Å². The van der Waals surface area contributed by atoms with Gasteiger partial charge in [0.05, 0.1) is 5.56 Å². The van der Waals surface area contributed by atoms with Gasteiger partial charge in [0.1, 0.15) is 11.9 Å². The second-order valence-electron chi connectivity index (χ2n) is 4.31. The van der Waals surface area contributed by atoms with Crippen LogP contribution in [0.5, 0.6) is 0 Å². The smallest absolute Gasteiger partial charge is 0.339 e. The van der Waals surface area contributed by atoms with Crippen molar-refractivity contribution in [2.45, 2.75) is 12.5 Å². The maximum Gasteiger partial charge on any atom is 0.339 e. The van der Waals surface area contributed by atoms with Crippen molar-refractivity contribution < 1.29 is 13.9 Å². The molecular weight excluding hydrogens is 231 g/mol. The fourth-order valence-corrected chi connectivity index (χ4v) is 2.19. The molecule has 1 unspecified atom stereocenters. The quantitative estimate of drug-likeness (QED) is 0.717. The minimum Gasteiger partial charge on any atom is -0.454 e. The predicted molar refractivity (Wildman–Crippen MR) is 64.7 cm³/mol. The number of rotatable bonds is 1. The molecule has 0 radical (unpaired) electrons. The van der Waals surface area contributed by atoms with Crippen molar-refractivity contribution >= 4 is 5.97 Å². The van der Waals surface area contributed by atoms with Gasteiger partial charge in [-0.2, -0.15) is 0 Å². The summed E-state index contributed by atoms with van der Waals surface area (Å²) in [6.45, 7) is 0. The Kier molecular flexibility index (Phi) is 2.59. The van der Waals surface area contributed by atoms with Crippen LogP contribution in [0.25, 0.3) is 0 Å². The predicted octanol–water partition coefficient (Wildman–Crippen LogP) is 3.28. The molecule has 90 valence electrons. The Morgan fingerprint density at radius 2 is 1.78 bits per heavy atom. The molecule has 1 atom stereocenters. The molecule has 3 heteroatoms. The molecule has 2 aromatic rings. The maximum atomic E-state index is 12.9. The molecule has 18 heavy (non-hydrogen) atoms. The Bertz CT molecular complexity index is 590. The van der Waals surface area contributed by atoms with E-state index >= 15 is 0 Å². The molecule has 0 saturated heterocycles. The minimum atomic E-state index is -0.326. The number of ether oxygens (including phenoxy) is 1. The average molecular weight is 242 g/mol. The molecule has 0 N–H and O–H groups in total. The highest BCUT2D eigenvalue weighted by molar-refractivity contribution is 5.92. The van der Waals surface area contributed by atoms with Crippen LogP contribution in [0.1, 0.15) is 27.6 Å². The fourth-order valence-electron chi connectivity index (χ4n) is 2.19. The van der Waals surface area contributed by atoms with Crippen molar-refractivity contribution in [1.82, 2.24) is 0 Å². The van der Waals surface area contributed by atoms with Crippen LogP contribution in [-0.4, -0.2) is 5.97 Å². The van der Waals surface area contributed by atoms with E-state index < -0.39 is 0 Å². The summed E-state index contributed by atoms with van der Waals surface area (Å²) in [5, 5.41) is 0. The van der Waals surface area contributed by atoms with E-state index in [4.69, 9.17) is 4.74 Å². The molecule has 0 aromatic heterocycles. The number of hydrogen-bond donors (Lipinski definition) is 0. The maximum absolute atomic E-state index is 12.9. The van der Waals surface area contributed by atoms with E-state index in [9.17, 15) is 9.18 Å². The van der Waals surface area contributed by atoms with E-state index in [0.717, 1.165) is 11.1 Å². The van der Waals surface area contributed by atoms with Crippen LogP contribution in [0.4, 0.5) is 4.39 Å². The largest absolute Gasteiger partial charge is 0.454 e. The summed E-state index contributed by atoms with van der Waals surface area (Å²) in [4.78, 5) is 11.8. The lowest BCUT2D eigenvalue weighted by molar-refractivity contribution is 0.0253. The molecule has 0 spiro atoms. The highest BCUT2D eigenvalue weighted by Gasteiger charge is 2.26. The molecule has 0 fully saturated rings. The van der Waals surface area contributed by atoms with Crippen LogP contribution in [0.3, 0.4) is 0 Å². The van der Waals surface area contributed by atoms with Gasteiger partial charge in [-0.1, -0.05) is 30.3 Å². The lowest BCUT2D eigenvalue weighted by Crippen LogP contribution is -2.21. The standard InChI is InChI=1S/C15H11FO2/c16-12-7-5-10(6-8-12)14-9-11-3-1-2-4-13(11)15(17)18-14/h1-8,14H,9H2. The first-order chi connectivity index (χ1) is 8.74. The van der Waals surface area contributed by atoms with Crippen molar-refractivity contribution in [3.63, 3.8) is 0 Å². The van der Waals surface area contributed by atoms with Gasteiger partial charge < -0.3 is 4.74 Å². The second kappa shape index (κ2) is 4.26. The van der Waals surface area contributed by atoms with Crippen LogP contribution < -0.4 is 0 Å². The first-order valence-electron chi connectivity index (χ1n) is 5.78. The molecule has 0 aliphatic carbocycles. The Balaban J connectivity index is 1.94. The fraction of sp³-hybridized carbons (Fsp3) is 0.133. The molecule has 1 heterocycles. The lowest BCUT2D eigenvalue weighted by atomic mass is 9.95. The Hall–Kier alpha value is -2.16. The third kappa shape index (κ3) is 1.88. The minimum absolute atomic E-state index is 0.290. The number of carbonyl (C=O) groups is 1. The summed E-state index contributed by atoms with van der Waals surface area (Å²) >= 11 is 0. The van der Waals surface area contributed by atoms with Gasteiger partial charge in [0.25, 0.3) is 0 Å². The molecule has 0 saturated carbocycles. The zero-order valence-corrected chi connectivity index (χ0v) is 9.60. The van der Waals surface area contributed by atoms with Crippen LogP contribution in [-0.2, 0) is 11.2 Å². The lowest BCUT2D eigenvalue weighted by Gasteiger charge is -2.24. The molecule has 3 rings (SSSR count). The summed E-state index contributed by atoms with van der Waals surface area (Å²) in [5.74, 6) is -0.604. The summed E-state index contributed by atoms with van der Waals surface area (Å²) in [6, 6.07) is 13.5. The SMILES string of the molecule is O=C1OC(c2ccc(F)cc2)Cc2ccccc21. The van der Waals surface area contributed by atoms with E-state index in [0.29, 0.717) is 12.0 Å². The van der Waals surface area contributed by atoms with Gasteiger partial charge >= 0.3 is 5.97 Å². The first kappa shape index (κ1) is 11.0. The highest BCUT2D eigenvalue weighted by Crippen LogP contribution is 2.30. The van der Waals surface area contributed by atoms with Crippen molar-refractivity contribution in [3.8, 4) is 0 Å². The van der Waals surface area contributed by atoms with E-state index in [1.165, 1.54) is 12.1 Å². The molecule has 1 aliphatic rings. The number of hydrogen-bond acceptors (Lipinski definition) is 2. The second-order valence-corrected chi connectivity index (χ2v) is 4.31. The van der Waals surface area contributed by atoms with Gasteiger partial charge in [-0.15, -0.1) is 0 Å². The van der Waals surface area contributed by atoms with Gasteiger partial charge in [-0.25, -0.2) is 9.18 Å². The highest BCUT2D eigenvalue weighted by atomic mass is 19.1. The number of cyclic esters (lactones) is 1. The number of benzene rings is 2. The van der Waals surface area contributed by atoms with Gasteiger partial charge in [-0.05, 0) is 29.3 Å². The van der Waals surface area contributed by atoms with E-state index in [1.807, 2.05) is 18.2 Å². The van der Waals surface area contributed by atoms with Crippen LogP contribution in [0, 0.1) is 5.82 Å². The summed E-state index contributed by atoms with van der Waals surface area (Å²) in [5.41, 5.74) is 2.41. The van der Waals surface area contributed by atoms with Gasteiger partial charge in [0, 0.05) is 6.42 Å². The van der Waals surface area contributed by atoms with E-state index in [2.05, 4.69) is 0 Å². The molecular formula is C15H11FO2. The number of esters is 1. The zero-order valence-electron chi connectivity index (χ0n) is 9.60. The molecule has 0 amide bonds. The number of carbonyl (C=O) groups excluding carboxylic acids is 1. The number of fused-ring (bicyclic) bond motifs is 1. The van der Waals surface area contributed by atoms with Crippen LogP contribution in [0.15, 0.2) is 48.5 Å².